The van der Waals surface area contributed by atoms with Gasteiger partial charge >= 0.3 is 6.18 Å². The second kappa shape index (κ2) is 3.83. The van der Waals surface area contributed by atoms with E-state index in [1.54, 1.807) is 6.92 Å². The molecule has 1 aromatic rings. The maximum Gasteiger partial charge on any atom is 0.433 e. The molecule has 4 nitrogen and oxygen atoms in total. The van der Waals surface area contributed by atoms with Crippen LogP contribution < -0.4 is 5.32 Å². The lowest BCUT2D eigenvalue weighted by Gasteiger charge is -2.43. The Morgan fingerprint density at radius 2 is 2.18 bits per heavy atom. The summed E-state index contributed by atoms with van der Waals surface area (Å²) in [5, 5.41) is 12.5. The van der Waals surface area contributed by atoms with Gasteiger partial charge < -0.3 is 10.4 Å². The molecule has 1 aliphatic rings. The van der Waals surface area contributed by atoms with Gasteiger partial charge in [0, 0.05) is 6.07 Å². The molecule has 1 fully saturated rings. The van der Waals surface area contributed by atoms with Crippen LogP contribution in [0.15, 0.2) is 12.4 Å². The third-order valence-electron chi connectivity index (χ3n) is 2.97. The molecule has 0 aromatic carbocycles. The quantitative estimate of drug-likeness (QED) is 0.837. The van der Waals surface area contributed by atoms with Crippen LogP contribution in [0.1, 0.15) is 25.5 Å². The van der Waals surface area contributed by atoms with Crippen molar-refractivity contribution in [3.63, 3.8) is 0 Å². The number of aromatic nitrogens is 2. The van der Waals surface area contributed by atoms with E-state index in [1.165, 1.54) is 0 Å². The normalized spacial score (nSPS) is 28.6. The summed E-state index contributed by atoms with van der Waals surface area (Å²) in [4.78, 5) is 6.87. The van der Waals surface area contributed by atoms with E-state index in [-0.39, 0.29) is 11.9 Å². The van der Waals surface area contributed by atoms with E-state index in [2.05, 4.69) is 15.3 Å². The van der Waals surface area contributed by atoms with E-state index >= 15 is 0 Å². The Kier molecular flexibility index (Phi) is 2.73. The molecule has 7 heteroatoms. The average molecular weight is 247 g/mol. The third kappa shape index (κ3) is 2.49. The van der Waals surface area contributed by atoms with Crippen LogP contribution in [0.25, 0.3) is 0 Å². The van der Waals surface area contributed by atoms with Crippen LogP contribution in [-0.2, 0) is 6.18 Å². The molecular formula is C10H12F3N3O. The number of hydrogen-bond acceptors (Lipinski definition) is 4. The minimum atomic E-state index is -4.48. The van der Waals surface area contributed by atoms with Gasteiger partial charge in [0.2, 0.25) is 0 Å². The molecule has 17 heavy (non-hydrogen) atoms. The largest absolute Gasteiger partial charge is 0.433 e. The summed E-state index contributed by atoms with van der Waals surface area (Å²) in [5.41, 5.74) is -1.88. The van der Waals surface area contributed by atoms with Gasteiger partial charge in [0.05, 0.1) is 11.6 Å². The molecule has 2 N–H and O–H groups in total. The maximum absolute atomic E-state index is 12.4. The molecule has 0 aliphatic heterocycles. The van der Waals surface area contributed by atoms with Crippen LogP contribution in [-0.4, -0.2) is 26.7 Å². The molecule has 0 amide bonds. The predicted octanol–water partition coefficient (Wildman–Crippen LogP) is 1.82. The van der Waals surface area contributed by atoms with Crippen LogP contribution in [0.3, 0.4) is 0 Å². The first kappa shape index (κ1) is 12.1. The predicted molar refractivity (Wildman–Crippen MR) is 54.3 cm³/mol. The van der Waals surface area contributed by atoms with Gasteiger partial charge in [0.1, 0.15) is 17.8 Å². The molecule has 0 bridgehead atoms. The lowest BCUT2D eigenvalue weighted by Crippen LogP contribution is -2.53. The minimum Gasteiger partial charge on any atom is -0.388 e. The summed E-state index contributed by atoms with van der Waals surface area (Å²) in [7, 11) is 0. The number of rotatable bonds is 2. The molecule has 2 rings (SSSR count). The number of anilines is 1. The Hall–Kier alpha value is -1.37. The number of aliphatic hydroxyl groups is 1. The van der Waals surface area contributed by atoms with Crippen molar-refractivity contribution in [3.8, 4) is 0 Å². The van der Waals surface area contributed by atoms with E-state index in [4.69, 9.17) is 0 Å². The zero-order chi connectivity index (χ0) is 12.7. The van der Waals surface area contributed by atoms with Crippen molar-refractivity contribution in [1.82, 2.24) is 9.97 Å². The van der Waals surface area contributed by atoms with E-state index < -0.39 is 17.5 Å². The van der Waals surface area contributed by atoms with E-state index in [0.717, 1.165) is 12.4 Å². The fourth-order valence-corrected chi connectivity index (χ4v) is 1.70. The third-order valence-corrected chi connectivity index (χ3v) is 2.97. The van der Waals surface area contributed by atoms with Gasteiger partial charge in [-0.1, -0.05) is 0 Å². The smallest absolute Gasteiger partial charge is 0.388 e. The molecule has 1 saturated carbocycles. The molecule has 1 heterocycles. The second-order valence-electron chi connectivity index (χ2n) is 4.38. The fourth-order valence-electron chi connectivity index (χ4n) is 1.70. The van der Waals surface area contributed by atoms with E-state index in [1.807, 2.05) is 0 Å². The van der Waals surface area contributed by atoms with E-state index in [0.29, 0.717) is 12.8 Å². The Bertz CT molecular complexity index is 420. The first-order valence-electron chi connectivity index (χ1n) is 5.17. The number of halogens is 3. The summed E-state index contributed by atoms with van der Waals surface area (Å²) in [6.07, 6.45) is -2.29. The first-order chi connectivity index (χ1) is 7.79. The maximum atomic E-state index is 12.4. The van der Waals surface area contributed by atoms with Crippen molar-refractivity contribution in [2.45, 2.75) is 37.6 Å². The zero-order valence-corrected chi connectivity index (χ0v) is 9.12. The van der Waals surface area contributed by atoms with Gasteiger partial charge in [-0.25, -0.2) is 9.97 Å². The zero-order valence-electron chi connectivity index (χ0n) is 9.12. The topological polar surface area (TPSA) is 58.0 Å². The SMILES string of the molecule is CC1(O)CCC1Nc1cc(C(F)(F)F)ncn1. The highest BCUT2D eigenvalue weighted by Gasteiger charge is 2.41. The summed E-state index contributed by atoms with van der Waals surface area (Å²) in [6.45, 7) is 1.64. The van der Waals surface area contributed by atoms with Crippen molar-refractivity contribution in [2.75, 3.05) is 5.32 Å². The summed E-state index contributed by atoms with van der Waals surface area (Å²) >= 11 is 0. The van der Waals surface area contributed by atoms with Crippen molar-refractivity contribution in [1.29, 1.82) is 0 Å². The van der Waals surface area contributed by atoms with Crippen LogP contribution >= 0.6 is 0 Å². The van der Waals surface area contributed by atoms with Crippen molar-refractivity contribution >= 4 is 5.82 Å². The Morgan fingerprint density at radius 3 is 2.65 bits per heavy atom. The van der Waals surface area contributed by atoms with Crippen molar-refractivity contribution in [3.05, 3.63) is 18.1 Å². The summed E-state index contributed by atoms with van der Waals surface area (Å²) < 4.78 is 37.2. The average Bonchev–Trinajstić information content (AvgIpc) is 2.24. The van der Waals surface area contributed by atoms with Crippen LogP contribution in [0.5, 0.6) is 0 Å². The molecular weight excluding hydrogens is 235 g/mol. The summed E-state index contributed by atoms with van der Waals surface area (Å²) in [5.74, 6) is 0.0808. The van der Waals surface area contributed by atoms with Gasteiger partial charge in [0.25, 0.3) is 0 Å². The molecule has 1 aromatic heterocycles. The molecule has 1 aliphatic carbocycles. The van der Waals surface area contributed by atoms with Crippen LogP contribution in [0, 0.1) is 0 Å². The number of nitrogens with one attached hydrogen (secondary N) is 1. The van der Waals surface area contributed by atoms with Gasteiger partial charge in [-0.05, 0) is 19.8 Å². The van der Waals surface area contributed by atoms with Crippen molar-refractivity contribution in [2.24, 2.45) is 0 Å². The van der Waals surface area contributed by atoms with Crippen LogP contribution in [0.2, 0.25) is 0 Å². The van der Waals surface area contributed by atoms with E-state index in [9.17, 15) is 18.3 Å². The lowest BCUT2D eigenvalue weighted by atomic mass is 9.76. The number of hydrogen-bond donors (Lipinski definition) is 2. The standard InChI is InChI=1S/C10H12F3N3O/c1-9(17)3-2-6(9)16-8-4-7(10(11,12)13)14-5-15-8/h4-6,17H,2-3H2,1H3,(H,14,15,16). The van der Waals surface area contributed by atoms with Gasteiger partial charge in [0.15, 0.2) is 0 Å². The molecule has 0 spiro atoms. The summed E-state index contributed by atoms with van der Waals surface area (Å²) in [6, 6.07) is 0.576. The molecule has 2 unspecified atom stereocenters. The first-order valence-corrected chi connectivity index (χ1v) is 5.17. The lowest BCUT2D eigenvalue weighted by molar-refractivity contribution is -0.141. The second-order valence-corrected chi connectivity index (χ2v) is 4.38. The highest BCUT2D eigenvalue weighted by molar-refractivity contribution is 5.38. The Balaban J connectivity index is 2.12. The number of alkyl halides is 3. The molecule has 0 radical (unpaired) electrons. The Morgan fingerprint density at radius 1 is 1.47 bits per heavy atom. The monoisotopic (exact) mass is 247 g/mol. The Labute approximate surface area is 95.9 Å². The van der Waals surface area contributed by atoms with Gasteiger partial charge in [-0.15, -0.1) is 0 Å². The van der Waals surface area contributed by atoms with Crippen LogP contribution in [0.4, 0.5) is 19.0 Å². The molecule has 0 saturated heterocycles. The number of nitrogens with zero attached hydrogens (tertiary/aromatic N) is 2. The highest BCUT2D eigenvalue weighted by atomic mass is 19.4. The van der Waals surface area contributed by atoms with Crippen molar-refractivity contribution < 1.29 is 18.3 Å². The molecule has 94 valence electrons. The highest BCUT2D eigenvalue weighted by Crippen LogP contribution is 2.34. The molecule has 2 atom stereocenters. The van der Waals surface area contributed by atoms with Gasteiger partial charge in [-0.2, -0.15) is 13.2 Å². The minimum absolute atomic E-state index is 0.0808. The van der Waals surface area contributed by atoms with Gasteiger partial charge in [-0.3, -0.25) is 0 Å². The fraction of sp³-hybridized carbons (Fsp3) is 0.600.